The highest BCUT2D eigenvalue weighted by Crippen LogP contribution is 2.28. The van der Waals surface area contributed by atoms with Crippen LogP contribution in [0.1, 0.15) is 19.3 Å². The number of hydrogen-bond donors (Lipinski definition) is 1. The normalized spacial score (nSPS) is 18.2. The van der Waals surface area contributed by atoms with Gasteiger partial charge in [0, 0.05) is 5.92 Å². The minimum absolute atomic E-state index is 0.268. The molecule has 0 unspecified atom stereocenters. The summed E-state index contributed by atoms with van der Waals surface area (Å²) in [6.07, 6.45) is -2.20. The smallest absolute Gasteiger partial charge is 0.273 e. The Morgan fingerprint density at radius 3 is 2.31 bits per heavy atom. The fraction of sp³-hybridized carbons (Fsp3) is 0.857. The molecule has 2 N–H and O–H groups in total. The number of nitrogens with zero attached hydrogens (tertiary/aromatic N) is 1. The maximum atomic E-state index is 11.8. The highest BCUT2D eigenvalue weighted by Gasteiger charge is 2.35. The molecule has 0 atom stereocenters. The van der Waals surface area contributed by atoms with Crippen molar-refractivity contribution in [1.29, 1.82) is 0 Å². The zero-order chi connectivity index (χ0) is 10.1. The molecule has 1 saturated carbocycles. The quantitative estimate of drug-likeness (QED) is 0.407. The summed E-state index contributed by atoms with van der Waals surface area (Å²) in [5.74, 6) is 4.10. The van der Waals surface area contributed by atoms with Crippen LogP contribution in [0.2, 0.25) is 0 Å². The molecule has 1 aliphatic rings. The second-order valence-electron chi connectivity index (χ2n) is 3.21. The van der Waals surface area contributed by atoms with Crippen LogP contribution in [0.5, 0.6) is 0 Å². The maximum absolute atomic E-state index is 11.8. The Hall–Kier alpha value is -0.780. The van der Waals surface area contributed by atoms with Gasteiger partial charge < -0.3 is 0 Å². The van der Waals surface area contributed by atoms with E-state index < -0.39 is 18.6 Å². The van der Waals surface area contributed by atoms with E-state index in [2.05, 4.69) is 0 Å². The second kappa shape index (κ2) is 3.53. The highest BCUT2D eigenvalue weighted by molar-refractivity contribution is 5.79. The largest absolute Gasteiger partial charge is 0.407 e. The van der Waals surface area contributed by atoms with E-state index in [0.717, 1.165) is 6.42 Å². The van der Waals surface area contributed by atoms with Gasteiger partial charge in [-0.3, -0.25) is 9.80 Å². The summed E-state index contributed by atoms with van der Waals surface area (Å²) in [6.45, 7) is -1.36. The molecule has 0 aromatic heterocycles. The average Bonchev–Trinajstić information content (AvgIpc) is 1.78. The van der Waals surface area contributed by atoms with Gasteiger partial charge in [0.15, 0.2) is 0 Å². The van der Waals surface area contributed by atoms with Gasteiger partial charge in [0.05, 0.1) is 0 Å². The third-order valence-electron chi connectivity index (χ3n) is 2.09. The number of rotatable bonds is 2. The molecule has 76 valence electrons. The molecule has 0 heterocycles. The first-order valence-corrected chi connectivity index (χ1v) is 4.03. The minimum atomic E-state index is -4.41. The van der Waals surface area contributed by atoms with Crippen molar-refractivity contribution < 1.29 is 18.0 Å². The summed E-state index contributed by atoms with van der Waals surface area (Å²) in [6, 6.07) is 0. The van der Waals surface area contributed by atoms with Crippen LogP contribution in [0.3, 0.4) is 0 Å². The number of carbonyl (C=O) groups excluding carboxylic acids is 1. The molecule has 0 aromatic carbocycles. The van der Waals surface area contributed by atoms with E-state index >= 15 is 0 Å². The average molecular weight is 196 g/mol. The lowest BCUT2D eigenvalue weighted by Crippen LogP contribution is -2.48. The predicted molar refractivity (Wildman–Crippen MR) is 39.3 cm³/mol. The fourth-order valence-corrected chi connectivity index (χ4v) is 1.16. The highest BCUT2D eigenvalue weighted by atomic mass is 19.4. The van der Waals surface area contributed by atoms with E-state index in [1.165, 1.54) is 0 Å². The standard InChI is InChI=1S/C7H11F3N2O/c8-7(9,10)4-12(11)6(13)5-2-1-3-5/h5H,1-4,11H2. The Morgan fingerprint density at radius 1 is 1.46 bits per heavy atom. The van der Waals surface area contributed by atoms with Crippen LogP contribution in [0.25, 0.3) is 0 Å². The van der Waals surface area contributed by atoms with Crippen LogP contribution in [0.15, 0.2) is 0 Å². The first kappa shape index (κ1) is 10.3. The van der Waals surface area contributed by atoms with E-state index in [0.29, 0.717) is 12.8 Å². The molecule has 0 spiro atoms. The molecule has 3 nitrogen and oxygen atoms in total. The third-order valence-corrected chi connectivity index (χ3v) is 2.09. The molecule has 1 aliphatic carbocycles. The lowest BCUT2D eigenvalue weighted by atomic mass is 9.84. The molecule has 1 amide bonds. The second-order valence-corrected chi connectivity index (χ2v) is 3.21. The van der Waals surface area contributed by atoms with E-state index in [4.69, 9.17) is 5.84 Å². The first-order valence-electron chi connectivity index (χ1n) is 4.03. The topological polar surface area (TPSA) is 46.3 Å². The van der Waals surface area contributed by atoms with Crippen molar-refractivity contribution in [2.75, 3.05) is 6.54 Å². The Labute approximate surface area is 73.7 Å². The Balaban J connectivity index is 2.38. The van der Waals surface area contributed by atoms with Crippen molar-refractivity contribution in [3.63, 3.8) is 0 Å². The van der Waals surface area contributed by atoms with Crippen LogP contribution >= 0.6 is 0 Å². The van der Waals surface area contributed by atoms with Gasteiger partial charge in [0.2, 0.25) is 5.91 Å². The lowest BCUT2D eigenvalue weighted by molar-refractivity contribution is -0.165. The van der Waals surface area contributed by atoms with Crippen molar-refractivity contribution in [2.24, 2.45) is 11.8 Å². The fourth-order valence-electron chi connectivity index (χ4n) is 1.16. The van der Waals surface area contributed by atoms with Crippen molar-refractivity contribution in [3.8, 4) is 0 Å². The van der Waals surface area contributed by atoms with Gasteiger partial charge in [0.25, 0.3) is 0 Å². The molecule has 13 heavy (non-hydrogen) atoms. The number of hydrogen-bond acceptors (Lipinski definition) is 2. The summed E-state index contributed by atoms with van der Waals surface area (Å²) in [7, 11) is 0. The molecule has 0 aromatic rings. The van der Waals surface area contributed by atoms with Crippen LogP contribution in [-0.2, 0) is 4.79 Å². The van der Waals surface area contributed by atoms with Gasteiger partial charge in [-0.1, -0.05) is 6.42 Å². The zero-order valence-electron chi connectivity index (χ0n) is 6.97. The predicted octanol–water partition coefficient (Wildman–Crippen LogP) is 1.05. The van der Waals surface area contributed by atoms with Crippen LogP contribution in [0, 0.1) is 5.92 Å². The molecule has 0 aliphatic heterocycles. The van der Waals surface area contributed by atoms with Gasteiger partial charge in [-0.05, 0) is 12.8 Å². The number of hydrazine groups is 1. The summed E-state index contributed by atoms with van der Waals surface area (Å²) < 4.78 is 35.3. The van der Waals surface area contributed by atoms with Crippen molar-refractivity contribution in [3.05, 3.63) is 0 Å². The van der Waals surface area contributed by atoms with Gasteiger partial charge >= 0.3 is 6.18 Å². The summed E-state index contributed by atoms with van der Waals surface area (Å²) in [4.78, 5) is 11.1. The summed E-state index contributed by atoms with van der Waals surface area (Å²) in [5.41, 5.74) is 0. The summed E-state index contributed by atoms with van der Waals surface area (Å²) >= 11 is 0. The van der Waals surface area contributed by atoms with E-state index in [-0.39, 0.29) is 10.9 Å². The molecule has 6 heteroatoms. The molecule has 1 fully saturated rings. The van der Waals surface area contributed by atoms with Gasteiger partial charge in [-0.25, -0.2) is 5.84 Å². The van der Waals surface area contributed by atoms with E-state index in [1.807, 2.05) is 0 Å². The minimum Gasteiger partial charge on any atom is -0.273 e. The lowest BCUT2D eigenvalue weighted by Gasteiger charge is -2.29. The number of carbonyl (C=O) groups is 1. The maximum Gasteiger partial charge on any atom is 0.407 e. The summed E-state index contributed by atoms with van der Waals surface area (Å²) in [5, 5.41) is 0.268. The molecule has 0 bridgehead atoms. The van der Waals surface area contributed by atoms with E-state index in [9.17, 15) is 18.0 Å². The molecule has 0 saturated heterocycles. The van der Waals surface area contributed by atoms with Crippen molar-refractivity contribution in [1.82, 2.24) is 5.01 Å². The van der Waals surface area contributed by atoms with E-state index in [1.54, 1.807) is 0 Å². The number of halogens is 3. The van der Waals surface area contributed by atoms with Gasteiger partial charge in [-0.15, -0.1) is 0 Å². The number of nitrogens with two attached hydrogens (primary N) is 1. The first-order chi connectivity index (χ1) is 5.90. The number of alkyl halides is 3. The van der Waals surface area contributed by atoms with Crippen molar-refractivity contribution in [2.45, 2.75) is 25.4 Å². The Bertz CT molecular complexity index is 200. The van der Waals surface area contributed by atoms with Crippen LogP contribution < -0.4 is 5.84 Å². The molecule has 0 radical (unpaired) electrons. The number of amides is 1. The van der Waals surface area contributed by atoms with Gasteiger partial charge in [0.1, 0.15) is 6.54 Å². The van der Waals surface area contributed by atoms with Gasteiger partial charge in [-0.2, -0.15) is 13.2 Å². The Kier molecular flexibility index (Phi) is 2.80. The van der Waals surface area contributed by atoms with Crippen LogP contribution in [-0.4, -0.2) is 23.6 Å². The Morgan fingerprint density at radius 2 is 2.00 bits per heavy atom. The van der Waals surface area contributed by atoms with Crippen LogP contribution in [0.4, 0.5) is 13.2 Å². The zero-order valence-corrected chi connectivity index (χ0v) is 6.97. The monoisotopic (exact) mass is 196 g/mol. The van der Waals surface area contributed by atoms with Crippen molar-refractivity contribution >= 4 is 5.91 Å². The SMILES string of the molecule is NN(CC(F)(F)F)C(=O)C1CCC1. The molecule has 1 rings (SSSR count). The third kappa shape index (κ3) is 2.87. The molecular formula is C7H11F3N2O. The molecular weight excluding hydrogens is 185 g/mol.